The third-order valence-electron chi connectivity index (χ3n) is 8.99. The second-order valence-corrected chi connectivity index (χ2v) is 9.75. The standard InChI is InChI=1S/C21H33NO2/c1-20-11-18(23)19-16(17(20)9-6-14(20)12-22)8-5-13-4-7-15(24-3)10-21(13,19)2/h13-19,23H,4-11H2,1-3H3. The van der Waals surface area contributed by atoms with Crippen LogP contribution in [0.5, 0.6) is 0 Å². The van der Waals surface area contributed by atoms with Gasteiger partial charge in [0.1, 0.15) is 0 Å². The lowest BCUT2D eigenvalue weighted by Gasteiger charge is -2.62. The van der Waals surface area contributed by atoms with Crippen molar-refractivity contribution < 1.29 is 9.84 Å². The van der Waals surface area contributed by atoms with E-state index in [1.54, 1.807) is 0 Å². The van der Waals surface area contributed by atoms with E-state index in [4.69, 9.17) is 4.74 Å². The Morgan fingerprint density at radius 2 is 1.75 bits per heavy atom. The summed E-state index contributed by atoms with van der Waals surface area (Å²) in [6, 6.07) is 2.57. The lowest BCUT2D eigenvalue weighted by molar-refractivity contribution is -0.180. The second kappa shape index (κ2) is 5.71. The van der Waals surface area contributed by atoms with Crippen LogP contribution >= 0.6 is 0 Å². The van der Waals surface area contributed by atoms with Crippen molar-refractivity contribution in [1.29, 1.82) is 5.26 Å². The second-order valence-electron chi connectivity index (χ2n) is 9.75. The van der Waals surface area contributed by atoms with Gasteiger partial charge < -0.3 is 9.84 Å². The van der Waals surface area contributed by atoms with Crippen LogP contribution in [-0.4, -0.2) is 24.4 Å². The summed E-state index contributed by atoms with van der Waals surface area (Å²) in [5, 5.41) is 20.9. The zero-order chi connectivity index (χ0) is 17.1. The number of hydrogen-bond donors (Lipinski definition) is 1. The van der Waals surface area contributed by atoms with Gasteiger partial charge in [-0.3, -0.25) is 0 Å². The highest BCUT2D eigenvalue weighted by atomic mass is 16.5. The molecule has 0 bridgehead atoms. The molecule has 0 aromatic heterocycles. The molecule has 0 amide bonds. The minimum Gasteiger partial charge on any atom is -0.393 e. The Kier molecular flexibility index (Phi) is 4.01. The maximum Gasteiger partial charge on any atom is 0.0661 e. The van der Waals surface area contributed by atoms with Crippen LogP contribution in [0.1, 0.15) is 65.2 Å². The SMILES string of the molecule is COC1CCC2CCC3C4CCC(C#N)C4(C)CC(O)C3C2(C)C1. The molecule has 9 atom stereocenters. The number of hydrogen-bond acceptors (Lipinski definition) is 3. The predicted octanol–water partition coefficient (Wildman–Crippen LogP) is 4.15. The number of aliphatic hydroxyl groups is 1. The first kappa shape index (κ1) is 16.9. The summed E-state index contributed by atoms with van der Waals surface area (Å²) in [5.41, 5.74) is 0.251. The average Bonchev–Trinajstić information content (AvgIpc) is 2.88. The highest BCUT2D eigenvalue weighted by molar-refractivity contribution is 5.14. The number of nitriles is 1. The van der Waals surface area contributed by atoms with Gasteiger partial charge in [-0.2, -0.15) is 5.26 Å². The highest BCUT2D eigenvalue weighted by Crippen LogP contribution is 2.67. The fourth-order valence-electron chi connectivity index (χ4n) is 7.85. The van der Waals surface area contributed by atoms with Crippen molar-refractivity contribution in [3.8, 4) is 6.07 Å². The van der Waals surface area contributed by atoms with Crippen molar-refractivity contribution >= 4 is 0 Å². The van der Waals surface area contributed by atoms with Gasteiger partial charge in [-0.15, -0.1) is 0 Å². The third kappa shape index (κ3) is 2.15. The molecule has 0 radical (unpaired) electrons. The number of nitrogens with zero attached hydrogens (tertiary/aromatic N) is 1. The lowest BCUT2D eigenvalue weighted by Crippen LogP contribution is -2.59. The highest BCUT2D eigenvalue weighted by Gasteiger charge is 2.63. The van der Waals surface area contributed by atoms with E-state index in [-0.39, 0.29) is 22.9 Å². The maximum atomic E-state index is 11.2. The number of aliphatic hydroxyl groups excluding tert-OH is 1. The molecule has 0 aromatic carbocycles. The normalized spacial score (nSPS) is 56.7. The Labute approximate surface area is 146 Å². The molecule has 134 valence electrons. The van der Waals surface area contributed by atoms with Crippen LogP contribution in [0.25, 0.3) is 0 Å². The van der Waals surface area contributed by atoms with Crippen LogP contribution < -0.4 is 0 Å². The first-order chi connectivity index (χ1) is 11.4. The molecule has 0 aliphatic heterocycles. The Morgan fingerprint density at radius 1 is 1.00 bits per heavy atom. The minimum absolute atomic E-state index is 0.0356. The van der Waals surface area contributed by atoms with Gasteiger partial charge in [-0.05, 0) is 85.9 Å². The summed E-state index contributed by atoms with van der Waals surface area (Å²) >= 11 is 0. The topological polar surface area (TPSA) is 53.2 Å². The first-order valence-corrected chi connectivity index (χ1v) is 10.0. The summed E-state index contributed by atoms with van der Waals surface area (Å²) < 4.78 is 5.74. The van der Waals surface area contributed by atoms with Crippen molar-refractivity contribution in [3.63, 3.8) is 0 Å². The summed E-state index contributed by atoms with van der Waals surface area (Å²) in [6.45, 7) is 4.74. The van der Waals surface area contributed by atoms with Crippen molar-refractivity contribution in [3.05, 3.63) is 0 Å². The van der Waals surface area contributed by atoms with Gasteiger partial charge in [0.25, 0.3) is 0 Å². The summed E-state index contributed by atoms with van der Waals surface area (Å²) in [5.74, 6) is 2.54. The van der Waals surface area contributed by atoms with Crippen molar-refractivity contribution in [2.45, 2.75) is 77.4 Å². The molecular weight excluding hydrogens is 298 g/mol. The molecule has 9 unspecified atom stereocenters. The van der Waals surface area contributed by atoms with E-state index in [0.717, 1.165) is 25.2 Å². The molecule has 0 heterocycles. The molecule has 0 aromatic rings. The largest absolute Gasteiger partial charge is 0.393 e. The molecule has 1 N–H and O–H groups in total. The quantitative estimate of drug-likeness (QED) is 0.785. The van der Waals surface area contributed by atoms with E-state index >= 15 is 0 Å². The van der Waals surface area contributed by atoms with E-state index in [0.29, 0.717) is 23.9 Å². The van der Waals surface area contributed by atoms with Crippen LogP contribution in [0, 0.1) is 51.8 Å². The molecular formula is C21H33NO2. The monoisotopic (exact) mass is 331 g/mol. The van der Waals surface area contributed by atoms with E-state index in [2.05, 4.69) is 19.9 Å². The summed E-state index contributed by atoms with van der Waals surface area (Å²) in [7, 11) is 1.84. The maximum absolute atomic E-state index is 11.2. The van der Waals surface area contributed by atoms with E-state index in [1.165, 1.54) is 32.1 Å². The Hall–Kier alpha value is -0.590. The van der Waals surface area contributed by atoms with Crippen LogP contribution in [0.3, 0.4) is 0 Å². The van der Waals surface area contributed by atoms with Gasteiger partial charge in [-0.1, -0.05) is 13.8 Å². The van der Waals surface area contributed by atoms with Gasteiger partial charge in [0.15, 0.2) is 0 Å². The molecule has 0 spiro atoms. The minimum atomic E-state index is -0.242. The van der Waals surface area contributed by atoms with Crippen molar-refractivity contribution in [2.75, 3.05) is 7.11 Å². The van der Waals surface area contributed by atoms with E-state index < -0.39 is 0 Å². The first-order valence-electron chi connectivity index (χ1n) is 10.0. The van der Waals surface area contributed by atoms with Gasteiger partial charge in [-0.25, -0.2) is 0 Å². The van der Waals surface area contributed by atoms with Gasteiger partial charge in [0.05, 0.1) is 24.2 Å². The predicted molar refractivity (Wildman–Crippen MR) is 93.0 cm³/mol. The fraction of sp³-hybridized carbons (Fsp3) is 0.952. The van der Waals surface area contributed by atoms with Crippen LogP contribution in [-0.2, 0) is 4.74 Å². The smallest absolute Gasteiger partial charge is 0.0661 e. The lowest BCUT2D eigenvalue weighted by atomic mass is 9.44. The molecule has 4 saturated carbocycles. The Bertz CT molecular complexity index is 542. The summed E-state index contributed by atoms with van der Waals surface area (Å²) in [4.78, 5) is 0. The molecule has 0 saturated heterocycles. The third-order valence-corrected chi connectivity index (χ3v) is 8.99. The Morgan fingerprint density at radius 3 is 2.46 bits per heavy atom. The number of fused-ring (bicyclic) bond motifs is 5. The average molecular weight is 332 g/mol. The molecule has 4 rings (SSSR count). The van der Waals surface area contributed by atoms with E-state index in [9.17, 15) is 10.4 Å². The number of rotatable bonds is 1. The molecule has 3 heteroatoms. The zero-order valence-corrected chi connectivity index (χ0v) is 15.5. The van der Waals surface area contributed by atoms with Gasteiger partial charge in [0.2, 0.25) is 0 Å². The van der Waals surface area contributed by atoms with Crippen LogP contribution in [0.2, 0.25) is 0 Å². The summed E-state index contributed by atoms with van der Waals surface area (Å²) in [6.07, 6.45) is 9.30. The Balaban J connectivity index is 1.68. The molecule has 4 fully saturated rings. The van der Waals surface area contributed by atoms with Crippen LogP contribution in [0.15, 0.2) is 0 Å². The molecule has 24 heavy (non-hydrogen) atoms. The van der Waals surface area contributed by atoms with Gasteiger partial charge in [0, 0.05) is 7.11 Å². The number of methoxy groups -OCH3 is 1. The molecule has 4 aliphatic rings. The van der Waals surface area contributed by atoms with E-state index in [1.807, 2.05) is 7.11 Å². The van der Waals surface area contributed by atoms with Crippen molar-refractivity contribution in [1.82, 2.24) is 0 Å². The van der Waals surface area contributed by atoms with Crippen molar-refractivity contribution in [2.24, 2.45) is 40.4 Å². The molecule has 4 aliphatic carbocycles. The van der Waals surface area contributed by atoms with Gasteiger partial charge >= 0.3 is 0 Å². The zero-order valence-electron chi connectivity index (χ0n) is 15.5. The molecule has 3 nitrogen and oxygen atoms in total. The fourth-order valence-corrected chi connectivity index (χ4v) is 7.85. The van der Waals surface area contributed by atoms with Crippen LogP contribution in [0.4, 0.5) is 0 Å². The number of ether oxygens (including phenoxy) is 1.